The Morgan fingerprint density at radius 1 is 1.11 bits per heavy atom. The van der Waals surface area contributed by atoms with E-state index in [-0.39, 0.29) is 0 Å². The summed E-state index contributed by atoms with van der Waals surface area (Å²) in [5, 5.41) is 0. The number of thiazole rings is 1. The molecule has 0 unspecified atom stereocenters. The van der Waals surface area contributed by atoms with Gasteiger partial charge in [-0.05, 0) is 42.3 Å². The van der Waals surface area contributed by atoms with E-state index in [1.54, 1.807) is 11.3 Å². The second kappa shape index (κ2) is 7.39. The standard InChI is InChI=1S/C22H21N3OS/c1-15(2)14-26-18-10-8-17(9-11-18)21-19(12-23)25-13-20(27-22(25)24-21)16-6-4-3-5-7-16/h3-11,13H,1,12,14,23H2,2H3. The van der Waals surface area contributed by atoms with Crippen molar-refractivity contribution in [3.63, 3.8) is 0 Å². The molecule has 5 heteroatoms. The first-order valence-corrected chi connectivity index (χ1v) is 9.61. The van der Waals surface area contributed by atoms with Gasteiger partial charge in [0.1, 0.15) is 12.4 Å². The van der Waals surface area contributed by atoms with Gasteiger partial charge in [0.2, 0.25) is 0 Å². The average Bonchev–Trinajstić information content (AvgIpc) is 3.25. The van der Waals surface area contributed by atoms with Gasteiger partial charge in [-0.3, -0.25) is 4.40 Å². The summed E-state index contributed by atoms with van der Waals surface area (Å²) < 4.78 is 7.78. The van der Waals surface area contributed by atoms with E-state index in [1.165, 1.54) is 10.4 Å². The summed E-state index contributed by atoms with van der Waals surface area (Å²) in [4.78, 5) is 6.98. The van der Waals surface area contributed by atoms with Gasteiger partial charge in [-0.25, -0.2) is 4.98 Å². The minimum Gasteiger partial charge on any atom is -0.489 e. The minimum atomic E-state index is 0.426. The fourth-order valence-electron chi connectivity index (χ4n) is 2.97. The van der Waals surface area contributed by atoms with Crippen LogP contribution in [-0.4, -0.2) is 16.0 Å². The molecule has 0 aliphatic heterocycles. The number of hydrogen-bond acceptors (Lipinski definition) is 4. The SMILES string of the molecule is C=C(C)COc1ccc(-c2nc3sc(-c4ccccc4)cn3c2CN)cc1. The molecular weight excluding hydrogens is 354 g/mol. The van der Waals surface area contributed by atoms with Crippen molar-refractivity contribution in [2.45, 2.75) is 13.5 Å². The summed E-state index contributed by atoms with van der Waals surface area (Å²) in [6.45, 7) is 6.75. The molecule has 0 spiro atoms. The van der Waals surface area contributed by atoms with E-state index in [9.17, 15) is 0 Å². The predicted octanol–water partition coefficient (Wildman–Crippen LogP) is 5.14. The zero-order valence-corrected chi connectivity index (χ0v) is 16.0. The molecule has 2 aromatic carbocycles. The van der Waals surface area contributed by atoms with Crippen molar-refractivity contribution in [3.8, 4) is 27.4 Å². The maximum Gasteiger partial charge on any atom is 0.195 e. The largest absolute Gasteiger partial charge is 0.489 e. The number of imidazole rings is 1. The molecule has 0 aliphatic rings. The van der Waals surface area contributed by atoms with Crippen molar-refractivity contribution >= 4 is 16.3 Å². The molecule has 2 aromatic heterocycles. The van der Waals surface area contributed by atoms with Gasteiger partial charge in [0.05, 0.1) is 16.3 Å². The topological polar surface area (TPSA) is 52.5 Å². The summed E-state index contributed by atoms with van der Waals surface area (Å²) in [5.41, 5.74) is 11.2. The van der Waals surface area contributed by atoms with Gasteiger partial charge < -0.3 is 10.5 Å². The number of nitrogens with zero attached hydrogens (tertiary/aromatic N) is 2. The van der Waals surface area contributed by atoms with Crippen LogP contribution in [0.4, 0.5) is 0 Å². The lowest BCUT2D eigenvalue weighted by Crippen LogP contribution is -2.02. The highest BCUT2D eigenvalue weighted by atomic mass is 32.1. The molecule has 0 fully saturated rings. The van der Waals surface area contributed by atoms with E-state index in [0.717, 1.165) is 33.2 Å². The van der Waals surface area contributed by atoms with E-state index in [2.05, 4.69) is 29.3 Å². The van der Waals surface area contributed by atoms with Crippen molar-refractivity contribution in [3.05, 3.63) is 78.6 Å². The van der Waals surface area contributed by atoms with E-state index >= 15 is 0 Å². The molecule has 2 N–H and O–H groups in total. The zero-order valence-electron chi connectivity index (χ0n) is 15.2. The molecule has 4 rings (SSSR count). The number of fused-ring (bicyclic) bond motifs is 1. The first kappa shape index (κ1) is 17.5. The van der Waals surface area contributed by atoms with Crippen molar-refractivity contribution in [2.75, 3.05) is 6.61 Å². The average molecular weight is 375 g/mol. The third-order valence-electron chi connectivity index (χ3n) is 4.29. The van der Waals surface area contributed by atoms with Gasteiger partial charge in [-0.15, -0.1) is 0 Å². The van der Waals surface area contributed by atoms with Crippen LogP contribution in [0.15, 0.2) is 72.9 Å². The molecular formula is C22H21N3OS. The number of benzene rings is 2. The maximum absolute atomic E-state index is 6.07. The molecule has 0 saturated carbocycles. The Balaban J connectivity index is 1.68. The molecule has 0 saturated heterocycles. The third-order valence-corrected chi connectivity index (χ3v) is 5.32. The van der Waals surface area contributed by atoms with Crippen LogP contribution < -0.4 is 10.5 Å². The van der Waals surface area contributed by atoms with Crippen LogP contribution in [0.25, 0.3) is 26.7 Å². The molecule has 0 amide bonds. The van der Waals surface area contributed by atoms with Crippen LogP contribution in [0.3, 0.4) is 0 Å². The highest BCUT2D eigenvalue weighted by molar-refractivity contribution is 7.20. The molecule has 0 radical (unpaired) electrons. The highest BCUT2D eigenvalue weighted by Gasteiger charge is 2.16. The van der Waals surface area contributed by atoms with Crippen molar-refractivity contribution in [1.82, 2.24) is 9.38 Å². The normalized spacial score (nSPS) is 11.0. The Bertz CT molecular complexity index is 1080. The van der Waals surface area contributed by atoms with Crippen molar-refractivity contribution in [1.29, 1.82) is 0 Å². The Morgan fingerprint density at radius 2 is 1.85 bits per heavy atom. The molecule has 0 aliphatic carbocycles. The highest BCUT2D eigenvalue weighted by Crippen LogP contribution is 2.33. The smallest absolute Gasteiger partial charge is 0.195 e. The zero-order chi connectivity index (χ0) is 18.8. The second-order valence-electron chi connectivity index (χ2n) is 6.50. The second-order valence-corrected chi connectivity index (χ2v) is 7.50. The van der Waals surface area contributed by atoms with E-state index in [0.29, 0.717) is 13.2 Å². The fraction of sp³-hybridized carbons (Fsp3) is 0.136. The minimum absolute atomic E-state index is 0.426. The molecule has 27 heavy (non-hydrogen) atoms. The maximum atomic E-state index is 6.07. The van der Waals surface area contributed by atoms with E-state index in [1.807, 2.05) is 49.4 Å². The van der Waals surface area contributed by atoms with Crippen LogP contribution >= 0.6 is 11.3 Å². The van der Waals surface area contributed by atoms with Gasteiger partial charge >= 0.3 is 0 Å². The molecule has 4 aromatic rings. The van der Waals surface area contributed by atoms with Crippen molar-refractivity contribution < 1.29 is 4.74 Å². The van der Waals surface area contributed by atoms with E-state index in [4.69, 9.17) is 15.5 Å². The van der Waals surface area contributed by atoms with Crippen molar-refractivity contribution in [2.24, 2.45) is 5.73 Å². The van der Waals surface area contributed by atoms with Gasteiger partial charge in [-0.2, -0.15) is 0 Å². The number of nitrogens with two attached hydrogens (primary N) is 1. The van der Waals surface area contributed by atoms with E-state index < -0.39 is 0 Å². The fourth-order valence-corrected chi connectivity index (χ4v) is 3.98. The lowest BCUT2D eigenvalue weighted by molar-refractivity contribution is 0.353. The Labute approximate surface area is 162 Å². The lowest BCUT2D eigenvalue weighted by atomic mass is 10.1. The van der Waals surface area contributed by atoms with Crippen LogP contribution in [0.2, 0.25) is 0 Å². The summed E-state index contributed by atoms with van der Waals surface area (Å²) in [6, 6.07) is 18.3. The van der Waals surface area contributed by atoms with Gasteiger partial charge in [0.25, 0.3) is 0 Å². The third kappa shape index (κ3) is 3.52. The number of ether oxygens (including phenoxy) is 1. The predicted molar refractivity (Wildman–Crippen MR) is 112 cm³/mol. The summed E-state index contributed by atoms with van der Waals surface area (Å²) in [7, 11) is 0. The quantitative estimate of drug-likeness (QED) is 0.475. The monoisotopic (exact) mass is 375 g/mol. The van der Waals surface area contributed by atoms with Crippen LogP contribution in [0.5, 0.6) is 5.75 Å². The van der Waals surface area contributed by atoms with Crippen LogP contribution in [0.1, 0.15) is 12.6 Å². The van der Waals surface area contributed by atoms with Crippen LogP contribution in [0, 0.1) is 0 Å². The number of aromatic nitrogens is 2. The molecule has 0 bridgehead atoms. The van der Waals surface area contributed by atoms with Crippen LogP contribution in [-0.2, 0) is 6.54 Å². The van der Waals surface area contributed by atoms with Gasteiger partial charge in [-0.1, -0.05) is 48.2 Å². The summed E-state index contributed by atoms with van der Waals surface area (Å²) in [5.74, 6) is 0.823. The Kier molecular flexibility index (Phi) is 4.79. The first-order valence-electron chi connectivity index (χ1n) is 8.79. The molecule has 2 heterocycles. The summed E-state index contributed by atoms with van der Waals surface area (Å²) in [6.07, 6.45) is 2.12. The molecule has 4 nitrogen and oxygen atoms in total. The number of rotatable bonds is 6. The molecule has 136 valence electrons. The lowest BCUT2D eigenvalue weighted by Gasteiger charge is -2.07. The molecule has 0 atom stereocenters. The number of hydrogen-bond donors (Lipinski definition) is 1. The van der Waals surface area contributed by atoms with Gasteiger partial charge in [0, 0.05) is 18.3 Å². The first-order chi connectivity index (χ1) is 13.2. The van der Waals surface area contributed by atoms with Gasteiger partial charge in [0.15, 0.2) is 4.96 Å². The Morgan fingerprint density at radius 3 is 2.52 bits per heavy atom. The Hall–Kier alpha value is -2.89. The summed E-state index contributed by atoms with van der Waals surface area (Å²) >= 11 is 1.67.